The second kappa shape index (κ2) is 5.94. The molecular weight excluding hydrogens is 348 g/mol. The van der Waals surface area contributed by atoms with E-state index in [9.17, 15) is 18.5 Å². The quantitative estimate of drug-likeness (QED) is 0.458. The summed E-state index contributed by atoms with van der Waals surface area (Å²) in [5.41, 5.74) is -0.272. The molecule has 1 unspecified atom stereocenters. The molecule has 1 aromatic rings. The average molecular weight is 358 g/mol. The molecule has 1 rings (SSSR count). The van der Waals surface area contributed by atoms with E-state index in [-0.39, 0.29) is 32.7 Å². The van der Waals surface area contributed by atoms with Gasteiger partial charge in [-0.2, -0.15) is 0 Å². The van der Waals surface area contributed by atoms with Crippen LogP contribution in [0.2, 0.25) is 0 Å². The molecular formula is C9H10BrClN2O4S. The minimum Gasteiger partial charge on any atom is -0.258 e. The van der Waals surface area contributed by atoms with E-state index < -0.39 is 14.8 Å². The Kier molecular flexibility index (Phi) is 5.06. The van der Waals surface area contributed by atoms with Gasteiger partial charge in [-0.05, 0) is 21.8 Å². The van der Waals surface area contributed by atoms with Crippen molar-refractivity contribution in [2.75, 3.05) is 11.6 Å². The second-order valence-corrected chi connectivity index (χ2v) is 6.89. The van der Waals surface area contributed by atoms with Crippen molar-refractivity contribution in [2.45, 2.75) is 11.9 Å². The maximum atomic E-state index is 12.0. The van der Waals surface area contributed by atoms with Gasteiger partial charge in [0.1, 0.15) is 6.20 Å². The highest BCUT2D eigenvalue weighted by Gasteiger charge is 2.24. The van der Waals surface area contributed by atoms with Crippen LogP contribution in [0, 0.1) is 16.0 Å². The van der Waals surface area contributed by atoms with Crippen molar-refractivity contribution in [3.05, 3.63) is 26.9 Å². The summed E-state index contributed by atoms with van der Waals surface area (Å²) in [4.78, 5) is 13.5. The van der Waals surface area contributed by atoms with Crippen molar-refractivity contribution in [1.29, 1.82) is 0 Å². The fourth-order valence-corrected chi connectivity index (χ4v) is 4.15. The van der Waals surface area contributed by atoms with Crippen molar-refractivity contribution in [2.24, 2.45) is 5.92 Å². The number of hydrogen-bond acceptors (Lipinski definition) is 5. The van der Waals surface area contributed by atoms with E-state index in [1.807, 2.05) is 0 Å². The maximum absolute atomic E-state index is 12.0. The highest BCUT2D eigenvalue weighted by atomic mass is 79.9. The molecule has 1 aromatic heterocycles. The Bertz CT molecular complexity index is 564. The molecule has 0 fully saturated rings. The zero-order chi connectivity index (χ0) is 13.9. The number of halogens is 2. The number of hydrogen-bond donors (Lipinski definition) is 0. The molecule has 1 heterocycles. The predicted molar refractivity (Wildman–Crippen MR) is 70.5 cm³/mol. The zero-order valence-corrected chi connectivity index (χ0v) is 12.5. The molecule has 0 spiro atoms. The normalized spacial score (nSPS) is 13.3. The third-order valence-electron chi connectivity index (χ3n) is 2.07. The third-order valence-corrected chi connectivity index (χ3v) is 5.38. The minimum atomic E-state index is -3.61. The van der Waals surface area contributed by atoms with Crippen LogP contribution in [0.25, 0.3) is 0 Å². The zero-order valence-electron chi connectivity index (χ0n) is 9.34. The van der Waals surface area contributed by atoms with Crippen LogP contribution in [0.15, 0.2) is 21.8 Å². The lowest BCUT2D eigenvalue weighted by Crippen LogP contribution is -2.17. The van der Waals surface area contributed by atoms with Crippen molar-refractivity contribution >= 4 is 43.1 Å². The maximum Gasteiger partial charge on any atom is 0.288 e. The number of nitrogens with zero attached hydrogens (tertiary/aromatic N) is 2. The predicted octanol–water partition coefficient (Wildman–Crippen LogP) is 2.40. The van der Waals surface area contributed by atoms with Crippen LogP contribution in [-0.2, 0) is 9.84 Å². The molecule has 6 nitrogen and oxygen atoms in total. The fraction of sp³-hybridized carbons (Fsp3) is 0.444. The lowest BCUT2D eigenvalue weighted by Gasteiger charge is -2.09. The van der Waals surface area contributed by atoms with Crippen LogP contribution in [-0.4, -0.2) is 30.0 Å². The van der Waals surface area contributed by atoms with Crippen molar-refractivity contribution in [3.63, 3.8) is 0 Å². The Morgan fingerprint density at radius 2 is 2.22 bits per heavy atom. The summed E-state index contributed by atoms with van der Waals surface area (Å²) in [6.07, 6.45) is 0.920. The Hall–Kier alpha value is -0.730. The van der Waals surface area contributed by atoms with Crippen molar-refractivity contribution < 1.29 is 13.3 Å². The summed E-state index contributed by atoms with van der Waals surface area (Å²) >= 11 is 8.55. The van der Waals surface area contributed by atoms with Gasteiger partial charge in [0.15, 0.2) is 14.9 Å². The largest absolute Gasteiger partial charge is 0.288 e. The summed E-state index contributed by atoms with van der Waals surface area (Å²) in [5, 5.41) is 10.3. The molecule has 100 valence electrons. The van der Waals surface area contributed by atoms with E-state index in [0.717, 1.165) is 12.3 Å². The standard InChI is InChI=1S/C9H10BrClN2O4S/c1-6(3-11)5-18(16,17)9-8(10)2-7(4-12-9)13(14)15/h2,4,6H,3,5H2,1H3. The van der Waals surface area contributed by atoms with Crippen LogP contribution >= 0.6 is 27.5 Å². The molecule has 0 aromatic carbocycles. The van der Waals surface area contributed by atoms with Crippen LogP contribution in [0.1, 0.15) is 6.92 Å². The lowest BCUT2D eigenvalue weighted by atomic mass is 10.3. The number of alkyl halides is 1. The summed E-state index contributed by atoms with van der Waals surface area (Å²) in [5.74, 6) is -0.162. The van der Waals surface area contributed by atoms with Crippen LogP contribution in [0.5, 0.6) is 0 Å². The Balaban J connectivity index is 3.14. The summed E-state index contributed by atoms with van der Waals surface area (Å²) in [7, 11) is -3.61. The number of rotatable bonds is 5. The fourth-order valence-electron chi connectivity index (χ4n) is 1.24. The van der Waals surface area contributed by atoms with Crippen molar-refractivity contribution in [3.8, 4) is 0 Å². The molecule has 18 heavy (non-hydrogen) atoms. The second-order valence-electron chi connectivity index (χ2n) is 3.78. The lowest BCUT2D eigenvalue weighted by molar-refractivity contribution is -0.385. The van der Waals surface area contributed by atoms with Crippen LogP contribution < -0.4 is 0 Å². The highest BCUT2D eigenvalue weighted by molar-refractivity contribution is 9.10. The first-order valence-corrected chi connectivity index (χ1v) is 7.84. The molecule has 0 bridgehead atoms. The average Bonchev–Trinajstić information content (AvgIpc) is 2.27. The van der Waals surface area contributed by atoms with E-state index in [1.165, 1.54) is 0 Å². The number of sulfone groups is 1. The van der Waals surface area contributed by atoms with E-state index in [4.69, 9.17) is 11.6 Å². The summed E-state index contributed by atoms with van der Waals surface area (Å²) < 4.78 is 24.0. The molecule has 0 radical (unpaired) electrons. The summed E-state index contributed by atoms with van der Waals surface area (Å²) in [6.45, 7) is 1.70. The molecule has 0 saturated carbocycles. The number of aromatic nitrogens is 1. The summed E-state index contributed by atoms with van der Waals surface area (Å²) in [6, 6.07) is 1.12. The highest BCUT2D eigenvalue weighted by Crippen LogP contribution is 2.25. The van der Waals surface area contributed by atoms with E-state index in [2.05, 4.69) is 20.9 Å². The SMILES string of the molecule is CC(CCl)CS(=O)(=O)c1ncc([N+](=O)[O-])cc1Br. The Morgan fingerprint density at radius 3 is 2.67 bits per heavy atom. The first-order chi connectivity index (χ1) is 8.27. The topological polar surface area (TPSA) is 90.2 Å². The molecule has 0 N–H and O–H groups in total. The van der Waals surface area contributed by atoms with Gasteiger partial charge in [-0.1, -0.05) is 6.92 Å². The van der Waals surface area contributed by atoms with Gasteiger partial charge in [-0.3, -0.25) is 10.1 Å². The molecule has 0 aliphatic carbocycles. The van der Waals surface area contributed by atoms with Gasteiger partial charge in [0.2, 0.25) is 0 Å². The molecule has 0 aliphatic rings. The van der Waals surface area contributed by atoms with Gasteiger partial charge in [0.05, 0.1) is 15.1 Å². The molecule has 0 aliphatic heterocycles. The smallest absolute Gasteiger partial charge is 0.258 e. The first kappa shape index (κ1) is 15.3. The Labute approximate surface area is 118 Å². The third kappa shape index (κ3) is 3.63. The van der Waals surface area contributed by atoms with Gasteiger partial charge in [0.25, 0.3) is 5.69 Å². The number of pyridine rings is 1. The van der Waals surface area contributed by atoms with E-state index >= 15 is 0 Å². The van der Waals surface area contributed by atoms with Gasteiger partial charge < -0.3 is 0 Å². The van der Waals surface area contributed by atoms with Crippen LogP contribution in [0.3, 0.4) is 0 Å². The van der Waals surface area contributed by atoms with Crippen molar-refractivity contribution in [1.82, 2.24) is 4.98 Å². The molecule has 0 saturated heterocycles. The van der Waals surface area contributed by atoms with Gasteiger partial charge in [0, 0.05) is 11.9 Å². The molecule has 9 heteroatoms. The van der Waals surface area contributed by atoms with Gasteiger partial charge in [-0.15, -0.1) is 11.6 Å². The molecule has 1 atom stereocenters. The molecule has 0 amide bonds. The monoisotopic (exact) mass is 356 g/mol. The van der Waals surface area contributed by atoms with E-state index in [0.29, 0.717) is 0 Å². The van der Waals surface area contributed by atoms with E-state index in [1.54, 1.807) is 6.92 Å². The van der Waals surface area contributed by atoms with Gasteiger partial charge in [-0.25, -0.2) is 13.4 Å². The Morgan fingerprint density at radius 1 is 1.61 bits per heavy atom. The minimum absolute atomic E-state index is 0.0819. The number of nitro groups is 1. The first-order valence-electron chi connectivity index (χ1n) is 4.86. The van der Waals surface area contributed by atoms with Gasteiger partial charge >= 0.3 is 0 Å². The van der Waals surface area contributed by atoms with Crippen LogP contribution in [0.4, 0.5) is 5.69 Å².